The molecule has 0 aromatic heterocycles. The van der Waals surface area contributed by atoms with Crippen molar-refractivity contribution < 1.29 is 4.84 Å². The molecule has 0 aliphatic heterocycles. The van der Waals surface area contributed by atoms with Crippen molar-refractivity contribution in [2.75, 3.05) is 12.2 Å². The molecule has 0 unspecified atom stereocenters. The van der Waals surface area contributed by atoms with E-state index in [1.807, 2.05) is 30.3 Å². The molecule has 0 aliphatic rings. The molecule has 3 heteroatoms. The number of hydroxylamine groups is 1. The molecule has 0 N–H and O–H groups in total. The Labute approximate surface area is 71.3 Å². The van der Waals surface area contributed by atoms with Gasteiger partial charge in [-0.05, 0) is 12.1 Å². The second-order valence-electron chi connectivity index (χ2n) is 1.95. The minimum absolute atomic E-state index is 0.935. The molecule has 0 aliphatic carbocycles. The summed E-state index contributed by atoms with van der Waals surface area (Å²) < 4.78 is 0. The monoisotopic (exact) mass is 167 g/mol. The van der Waals surface area contributed by atoms with Crippen molar-refractivity contribution in [3.8, 4) is 0 Å². The predicted octanol–water partition coefficient (Wildman–Crippen LogP) is 2.01. The molecule has 1 aromatic rings. The fraction of sp³-hybridized carbons (Fsp3) is 0.125. The number of thiocarbonyl (C=S) groups is 1. The Balaban J connectivity index is 2.82. The van der Waals surface area contributed by atoms with Crippen molar-refractivity contribution in [3.63, 3.8) is 0 Å². The summed E-state index contributed by atoms with van der Waals surface area (Å²) in [6, 6.07) is 9.65. The Kier molecular flexibility index (Phi) is 3.01. The zero-order valence-corrected chi connectivity index (χ0v) is 7.04. The second-order valence-corrected chi connectivity index (χ2v) is 2.16. The van der Waals surface area contributed by atoms with Gasteiger partial charge in [0, 0.05) is 0 Å². The minimum Gasteiger partial charge on any atom is -0.272 e. The lowest BCUT2D eigenvalue weighted by Crippen LogP contribution is -2.17. The fourth-order valence-electron chi connectivity index (χ4n) is 0.784. The molecule has 0 atom stereocenters. The smallest absolute Gasteiger partial charge is 0.0963 e. The van der Waals surface area contributed by atoms with Gasteiger partial charge >= 0.3 is 0 Å². The Morgan fingerprint density at radius 2 is 2.00 bits per heavy atom. The molecule has 0 saturated carbocycles. The van der Waals surface area contributed by atoms with E-state index in [-0.39, 0.29) is 0 Å². The van der Waals surface area contributed by atoms with Gasteiger partial charge in [-0.3, -0.25) is 4.84 Å². The molecule has 0 heterocycles. The van der Waals surface area contributed by atoms with Crippen LogP contribution in [0.15, 0.2) is 30.3 Å². The lowest BCUT2D eigenvalue weighted by molar-refractivity contribution is 0.215. The normalized spacial score (nSPS) is 9.18. The Bertz CT molecular complexity index is 225. The molecule has 1 aromatic carbocycles. The van der Waals surface area contributed by atoms with Gasteiger partial charge in [-0.1, -0.05) is 30.4 Å². The average molecular weight is 167 g/mol. The summed E-state index contributed by atoms with van der Waals surface area (Å²) in [5.41, 5.74) is 2.39. The van der Waals surface area contributed by atoms with E-state index in [2.05, 4.69) is 0 Å². The third kappa shape index (κ3) is 2.00. The molecule has 11 heavy (non-hydrogen) atoms. The summed E-state index contributed by atoms with van der Waals surface area (Å²) in [5.74, 6) is 0. The van der Waals surface area contributed by atoms with Crippen LogP contribution in [-0.4, -0.2) is 12.6 Å². The number of hydrogen-bond donors (Lipinski definition) is 0. The van der Waals surface area contributed by atoms with Gasteiger partial charge in [-0.25, -0.2) is 5.06 Å². The van der Waals surface area contributed by atoms with E-state index in [1.54, 1.807) is 7.11 Å². The van der Waals surface area contributed by atoms with Crippen molar-refractivity contribution in [1.82, 2.24) is 0 Å². The van der Waals surface area contributed by atoms with E-state index < -0.39 is 0 Å². The first kappa shape index (κ1) is 8.17. The molecule has 1 rings (SSSR count). The molecule has 0 saturated heterocycles. The van der Waals surface area contributed by atoms with Crippen molar-refractivity contribution in [2.45, 2.75) is 0 Å². The topological polar surface area (TPSA) is 12.5 Å². The third-order valence-electron chi connectivity index (χ3n) is 1.30. The van der Waals surface area contributed by atoms with Crippen LogP contribution in [0.2, 0.25) is 0 Å². The maximum atomic E-state index is 4.96. The quantitative estimate of drug-likeness (QED) is 0.504. The van der Waals surface area contributed by atoms with Gasteiger partial charge in [0.25, 0.3) is 0 Å². The molecule has 0 amide bonds. The Morgan fingerprint density at radius 3 is 2.45 bits per heavy atom. The van der Waals surface area contributed by atoms with Gasteiger partial charge in [0.1, 0.15) is 0 Å². The van der Waals surface area contributed by atoms with Gasteiger partial charge < -0.3 is 0 Å². The number of para-hydroxylation sites is 1. The summed E-state index contributed by atoms with van der Waals surface area (Å²) >= 11 is 4.73. The molecule has 0 spiro atoms. The highest BCUT2D eigenvalue weighted by Gasteiger charge is 1.97. The van der Waals surface area contributed by atoms with E-state index in [9.17, 15) is 0 Å². The molecule has 2 nitrogen and oxygen atoms in total. The number of hydrogen-bond acceptors (Lipinski definition) is 2. The van der Waals surface area contributed by atoms with Gasteiger partial charge in [0.15, 0.2) is 0 Å². The average Bonchev–Trinajstić information content (AvgIpc) is 2.09. The molecule has 0 bridgehead atoms. The maximum absolute atomic E-state index is 4.96. The molecular formula is C8H9NOS. The molecule has 0 radical (unpaired) electrons. The summed E-state index contributed by atoms with van der Waals surface area (Å²) in [4.78, 5) is 4.96. The SMILES string of the molecule is CON(C=S)c1ccccc1. The van der Waals surface area contributed by atoms with Crippen molar-refractivity contribution >= 4 is 23.4 Å². The van der Waals surface area contributed by atoms with Crippen molar-refractivity contribution in [1.29, 1.82) is 0 Å². The maximum Gasteiger partial charge on any atom is 0.0963 e. The van der Waals surface area contributed by atoms with Crippen LogP contribution in [-0.2, 0) is 4.84 Å². The van der Waals surface area contributed by atoms with Crippen LogP contribution < -0.4 is 5.06 Å². The van der Waals surface area contributed by atoms with Crippen LogP contribution in [0.5, 0.6) is 0 Å². The number of rotatable bonds is 3. The van der Waals surface area contributed by atoms with Crippen LogP contribution in [0.1, 0.15) is 0 Å². The number of benzene rings is 1. The lowest BCUT2D eigenvalue weighted by atomic mass is 10.3. The van der Waals surface area contributed by atoms with E-state index in [0.717, 1.165) is 5.69 Å². The van der Waals surface area contributed by atoms with Gasteiger partial charge in [-0.2, -0.15) is 0 Å². The van der Waals surface area contributed by atoms with E-state index >= 15 is 0 Å². The minimum atomic E-state index is 0.935. The summed E-state index contributed by atoms with van der Waals surface area (Å²) in [6.45, 7) is 0. The number of nitrogens with zero attached hydrogens (tertiary/aromatic N) is 1. The third-order valence-corrected chi connectivity index (χ3v) is 1.49. The number of anilines is 1. The van der Waals surface area contributed by atoms with Crippen LogP contribution >= 0.6 is 12.2 Å². The zero-order chi connectivity index (χ0) is 8.10. The van der Waals surface area contributed by atoms with Crippen LogP contribution in [0.3, 0.4) is 0 Å². The first-order valence-corrected chi connectivity index (χ1v) is 3.69. The first-order chi connectivity index (χ1) is 5.38. The van der Waals surface area contributed by atoms with Crippen molar-refractivity contribution in [2.24, 2.45) is 0 Å². The second kappa shape index (κ2) is 4.05. The van der Waals surface area contributed by atoms with Crippen molar-refractivity contribution in [3.05, 3.63) is 30.3 Å². The highest BCUT2D eigenvalue weighted by Crippen LogP contribution is 2.10. The van der Waals surface area contributed by atoms with Gasteiger partial charge in [-0.15, -0.1) is 0 Å². The first-order valence-electron chi connectivity index (χ1n) is 3.22. The van der Waals surface area contributed by atoms with Gasteiger partial charge in [0.2, 0.25) is 0 Å². The van der Waals surface area contributed by atoms with Gasteiger partial charge in [0.05, 0.1) is 18.3 Å². The van der Waals surface area contributed by atoms with Crippen LogP contribution in [0.4, 0.5) is 5.69 Å². The molecule has 58 valence electrons. The largest absolute Gasteiger partial charge is 0.272 e. The Morgan fingerprint density at radius 1 is 1.36 bits per heavy atom. The summed E-state index contributed by atoms with van der Waals surface area (Å²) in [5, 5.41) is 1.52. The summed E-state index contributed by atoms with van der Waals surface area (Å²) in [6.07, 6.45) is 0. The highest BCUT2D eigenvalue weighted by molar-refractivity contribution is 7.79. The molecule has 0 fully saturated rings. The predicted molar refractivity (Wildman–Crippen MR) is 49.6 cm³/mol. The highest BCUT2D eigenvalue weighted by atomic mass is 32.1. The van der Waals surface area contributed by atoms with Crippen LogP contribution in [0.25, 0.3) is 0 Å². The fourth-order valence-corrected chi connectivity index (χ4v) is 0.992. The van der Waals surface area contributed by atoms with Crippen LogP contribution in [0, 0.1) is 0 Å². The standard InChI is InChI=1S/C8H9NOS/c1-10-9(7-11)8-5-3-2-4-6-8/h2-7H,1H3. The Hall–Kier alpha value is -0.930. The van der Waals surface area contributed by atoms with E-state index in [4.69, 9.17) is 17.1 Å². The summed E-state index contributed by atoms with van der Waals surface area (Å²) in [7, 11) is 1.58. The zero-order valence-electron chi connectivity index (χ0n) is 6.23. The van der Waals surface area contributed by atoms with E-state index in [1.165, 1.54) is 10.6 Å². The lowest BCUT2D eigenvalue weighted by Gasteiger charge is -2.14. The van der Waals surface area contributed by atoms with E-state index in [0.29, 0.717) is 0 Å². The molecular weight excluding hydrogens is 158 g/mol.